The fraction of sp³-hybridized carbons (Fsp3) is 0.600. The molecule has 5 nitrogen and oxygen atoms in total. The first-order valence-corrected chi connectivity index (χ1v) is 4.91. The highest BCUT2D eigenvalue weighted by molar-refractivity contribution is 5.98. The van der Waals surface area contributed by atoms with Crippen LogP contribution in [0.15, 0.2) is 11.6 Å². The summed E-state index contributed by atoms with van der Waals surface area (Å²) in [6, 6.07) is -0.868. The van der Waals surface area contributed by atoms with Crippen LogP contribution in [0.3, 0.4) is 0 Å². The van der Waals surface area contributed by atoms with Crippen LogP contribution in [0.2, 0.25) is 0 Å². The van der Waals surface area contributed by atoms with E-state index in [4.69, 9.17) is 15.9 Å². The van der Waals surface area contributed by atoms with E-state index in [1.54, 1.807) is 0 Å². The molecule has 0 spiro atoms. The quantitative estimate of drug-likeness (QED) is 0.588. The molecule has 0 aliphatic heterocycles. The third-order valence-corrected chi connectivity index (χ3v) is 2.42. The Balaban J connectivity index is 2.29. The van der Waals surface area contributed by atoms with Gasteiger partial charge in [-0.25, -0.2) is 0 Å². The van der Waals surface area contributed by atoms with Gasteiger partial charge >= 0.3 is 5.97 Å². The monoisotopic (exact) mass is 213 g/mol. The molecular formula is C10H15NO4. The van der Waals surface area contributed by atoms with E-state index in [1.807, 2.05) is 0 Å². The molecule has 84 valence electrons. The van der Waals surface area contributed by atoms with Gasteiger partial charge in [-0.3, -0.25) is 9.59 Å². The lowest BCUT2D eigenvalue weighted by Crippen LogP contribution is -2.29. The van der Waals surface area contributed by atoms with Gasteiger partial charge in [-0.15, -0.1) is 0 Å². The molecule has 0 bridgehead atoms. The highest BCUT2D eigenvalue weighted by Crippen LogP contribution is 2.20. The molecule has 15 heavy (non-hydrogen) atoms. The molecule has 0 saturated carbocycles. The number of ketones is 1. The van der Waals surface area contributed by atoms with Crippen molar-refractivity contribution in [3.63, 3.8) is 0 Å². The van der Waals surface area contributed by atoms with Crippen LogP contribution >= 0.6 is 0 Å². The molecule has 0 saturated heterocycles. The molecular weight excluding hydrogens is 198 g/mol. The van der Waals surface area contributed by atoms with E-state index < -0.39 is 18.1 Å². The summed E-state index contributed by atoms with van der Waals surface area (Å²) in [6.45, 7) is 0. The lowest BCUT2D eigenvalue weighted by atomic mass is 10.0. The molecule has 0 radical (unpaired) electrons. The first-order chi connectivity index (χ1) is 7.00. The van der Waals surface area contributed by atoms with Crippen LogP contribution in [-0.4, -0.2) is 34.1 Å². The number of aliphatic hydroxyl groups is 1. The van der Waals surface area contributed by atoms with E-state index in [9.17, 15) is 9.59 Å². The molecule has 2 atom stereocenters. The molecule has 0 heterocycles. The molecule has 0 aromatic rings. The number of Topliss-reactive ketones (excluding diaryl/α,β-unsaturated/α-hetero) is 1. The van der Waals surface area contributed by atoms with Crippen molar-refractivity contribution in [2.45, 2.75) is 37.8 Å². The van der Waals surface area contributed by atoms with Crippen LogP contribution in [0, 0.1) is 0 Å². The lowest BCUT2D eigenvalue weighted by Gasteiger charge is -2.05. The predicted octanol–water partition coefficient (Wildman–Crippen LogP) is -0.171. The van der Waals surface area contributed by atoms with Crippen molar-refractivity contribution < 1.29 is 19.8 Å². The zero-order chi connectivity index (χ0) is 11.4. The van der Waals surface area contributed by atoms with Crippen molar-refractivity contribution in [1.82, 2.24) is 0 Å². The largest absolute Gasteiger partial charge is 0.480 e. The van der Waals surface area contributed by atoms with Gasteiger partial charge in [-0.2, -0.15) is 0 Å². The number of rotatable bonds is 5. The van der Waals surface area contributed by atoms with Gasteiger partial charge in [0.15, 0.2) is 5.78 Å². The number of nitrogens with two attached hydrogens (primary N) is 1. The third-order valence-electron chi connectivity index (χ3n) is 2.42. The molecule has 2 unspecified atom stereocenters. The summed E-state index contributed by atoms with van der Waals surface area (Å²) in [5, 5.41) is 17.7. The first kappa shape index (κ1) is 11.9. The second-order valence-electron chi connectivity index (χ2n) is 3.72. The highest BCUT2D eigenvalue weighted by Gasteiger charge is 2.22. The number of aliphatic carboxylic acids is 1. The third kappa shape index (κ3) is 3.45. The fourth-order valence-corrected chi connectivity index (χ4v) is 1.56. The predicted molar refractivity (Wildman–Crippen MR) is 53.2 cm³/mol. The van der Waals surface area contributed by atoms with Gasteiger partial charge in [-0.05, 0) is 30.9 Å². The van der Waals surface area contributed by atoms with Gasteiger partial charge in [0.05, 0.1) is 6.10 Å². The molecule has 0 amide bonds. The molecule has 1 rings (SSSR count). The Bertz CT molecular complexity index is 298. The smallest absolute Gasteiger partial charge is 0.320 e. The molecule has 5 heteroatoms. The highest BCUT2D eigenvalue weighted by atomic mass is 16.4. The summed E-state index contributed by atoms with van der Waals surface area (Å²) >= 11 is 0. The number of carboxylic acid groups (broad SMARTS) is 1. The number of carbonyl (C=O) groups excluding carboxylic acids is 1. The number of allylic oxidation sites excluding steroid dienone is 1. The van der Waals surface area contributed by atoms with E-state index in [2.05, 4.69) is 0 Å². The first-order valence-electron chi connectivity index (χ1n) is 4.91. The minimum absolute atomic E-state index is 0.0496. The second kappa shape index (κ2) is 5.04. The Labute approximate surface area is 87.6 Å². The van der Waals surface area contributed by atoms with E-state index >= 15 is 0 Å². The maximum Gasteiger partial charge on any atom is 0.320 e. The SMILES string of the molecule is NC(CCCC1=CC(O)CC1=O)C(=O)O. The number of carboxylic acids is 1. The van der Waals surface area contributed by atoms with Crippen LogP contribution in [0.25, 0.3) is 0 Å². The zero-order valence-electron chi connectivity index (χ0n) is 8.35. The van der Waals surface area contributed by atoms with E-state index in [1.165, 1.54) is 6.08 Å². The summed E-state index contributed by atoms with van der Waals surface area (Å²) in [6.07, 6.45) is 2.42. The Hall–Kier alpha value is -1.20. The second-order valence-corrected chi connectivity index (χ2v) is 3.72. The molecule has 4 N–H and O–H groups in total. The average molecular weight is 213 g/mol. The van der Waals surface area contributed by atoms with E-state index in [0.717, 1.165) is 0 Å². The van der Waals surface area contributed by atoms with Crippen molar-refractivity contribution in [3.05, 3.63) is 11.6 Å². The molecule has 1 aliphatic carbocycles. The molecule has 0 aromatic heterocycles. The van der Waals surface area contributed by atoms with Gasteiger partial charge in [0.1, 0.15) is 6.04 Å². The van der Waals surface area contributed by atoms with Crippen LogP contribution < -0.4 is 5.73 Å². The van der Waals surface area contributed by atoms with Crippen LogP contribution in [0.4, 0.5) is 0 Å². The number of aliphatic hydroxyl groups excluding tert-OH is 1. The van der Waals surface area contributed by atoms with Gasteiger partial charge < -0.3 is 15.9 Å². The van der Waals surface area contributed by atoms with Crippen molar-refractivity contribution in [2.24, 2.45) is 5.73 Å². The van der Waals surface area contributed by atoms with Crippen molar-refractivity contribution in [3.8, 4) is 0 Å². The summed E-state index contributed by atoms with van der Waals surface area (Å²) in [5.74, 6) is -1.08. The average Bonchev–Trinajstić information content (AvgIpc) is 2.45. The summed E-state index contributed by atoms with van der Waals surface area (Å²) in [4.78, 5) is 21.6. The molecule has 0 fully saturated rings. The van der Waals surface area contributed by atoms with Gasteiger partial charge in [-0.1, -0.05) is 0 Å². The lowest BCUT2D eigenvalue weighted by molar-refractivity contribution is -0.138. The van der Waals surface area contributed by atoms with Crippen molar-refractivity contribution >= 4 is 11.8 Å². The maximum absolute atomic E-state index is 11.2. The van der Waals surface area contributed by atoms with Gasteiger partial charge in [0.25, 0.3) is 0 Å². The fourth-order valence-electron chi connectivity index (χ4n) is 1.56. The van der Waals surface area contributed by atoms with E-state index in [0.29, 0.717) is 24.8 Å². The van der Waals surface area contributed by atoms with Crippen molar-refractivity contribution in [1.29, 1.82) is 0 Å². The molecule has 0 aromatic carbocycles. The zero-order valence-corrected chi connectivity index (χ0v) is 8.35. The number of hydrogen-bond donors (Lipinski definition) is 3. The van der Waals surface area contributed by atoms with Crippen LogP contribution in [0.5, 0.6) is 0 Å². The Morgan fingerprint density at radius 3 is 2.80 bits per heavy atom. The summed E-state index contributed by atoms with van der Waals surface area (Å²) < 4.78 is 0. The summed E-state index contributed by atoms with van der Waals surface area (Å²) in [5.41, 5.74) is 5.91. The minimum Gasteiger partial charge on any atom is -0.480 e. The Morgan fingerprint density at radius 1 is 1.67 bits per heavy atom. The standard InChI is InChI=1S/C10H15NO4/c11-8(10(14)15)3-1-2-6-4-7(12)5-9(6)13/h4,7-8,12H,1-3,5,11H2,(H,14,15). The Morgan fingerprint density at radius 2 is 2.33 bits per heavy atom. The van der Waals surface area contributed by atoms with Gasteiger partial charge in [0.2, 0.25) is 0 Å². The molecule has 1 aliphatic rings. The Kier molecular flexibility index (Phi) is 3.99. The van der Waals surface area contributed by atoms with E-state index in [-0.39, 0.29) is 12.2 Å². The maximum atomic E-state index is 11.2. The topological polar surface area (TPSA) is 101 Å². The van der Waals surface area contributed by atoms with Crippen LogP contribution in [0.1, 0.15) is 25.7 Å². The normalized spacial score (nSPS) is 22.7. The van der Waals surface area contributed by atoms with Gasteiger partial charge in [0, 0.05) is 6.42 Å². The number of carbonyl (C=O) groups is 2. The minimum atomic E-state index is -1.03. The number of hydrogen-bond acceptors (Lipinski definition) is 4. The van der Waals surface area contributed by atoms with Crippen LogP contribution in [-0.2, 0) is 9.59 Å². The summed E-state index contributed by atoms with van der Waals surface area (Å²) in [7, 11) is 0. The van der Waals surface area contributed by atoms with Crippen molar-refractivity contribution in [2.75, 3.05) is 0 Å².